The van der Waals surface area contributed by atoms with E-state index in [1.165, 1.54) is 30.3 Å². The van der Waals surface area contributed by atoms with Gasteiger partial charge in [-0.15, -0.1) is 0 Å². The Morgan fingerprint density at radius 1 is 1.03 bits per heavy atom. The largest absolute Gasteiger partial charge is 0.453 e. The lowest BCUT2D eigenvalue weighted by molar-refractivity contribution is 0.414. The molecule has 0 amide bonds. The van der Waals surface area contributed by atoms with Crippen LogP contribution in [0, 0.1) is 35.7 Å². The molecule has 0 radical (unpaired) electrons. The molecule has 35 heavy (non-hydrogen) atoms. The molecule has 0 fully saturated rings. The van der Waals surface area contributed by atoms with Crippen LogP contribution in [0.1, 0.15) is 16.7 Å². The summed E-state index contributed by atoms with van der Waals surface area (Å²) in [6.45, 7) is 1.73. The number of halogens is 5. The zero-order valence-electron chi connectivity index (χ0n) is 17.7. The van der Waals surface area contributed by atoms with Crippen LogP contribution in [0.5, 0.6) is 11.5 Å². The Kier molecular flexibility index (Phi) is 6.08. The van der Waals surface area contributed by atoms with Crippen LogP contribution < -0.4 is 4.74 Å². The third-order valence-electron chi connectivity index (χ3n) is 5.10. The molecule has 0 saturated carbocycles. The second-order valence-electron chi connectivity index (χ2n) is 7.35. The summed E-state index contributed by atoms with van der Waals surface area (Å²) < 4.78 is 103. The summed E-state index contributed by atoms with van der Waals surface area (Å²) in [5.41, 5.74) is -1.18. The van der Waals surface area contributed by atoms with Crippen molar-refractivity contribution < 1.29 is 35.1 Å². The topological polar surface area (TPSA) is 72.1 Å². The van der Waals surface area contributed by atoms with E-state index in [2.05, 4.69) is 0 Å². The van der Waals surface area contributed by atoms with Gasteiger partial charge in [-0.05, 0) is 37.3 Å². The van der Waals surface area contributed by atoms with Gasteiger partial charge in [-0.1, -0.05) is 17.7 Å². The van der Waals surface area contributed by atoms with E-state index in [1.807, 2.05) is 0 Å². The molecule has 4 aromatic rings. The summed E-state index contributed by atoms with van der Waals surface area (Å²) in [6.07, 6.45) is -1.20. The molecule has 0 aliphatic heterocycles. The average molecular weight is 504 g/mol. The summed E-state index contributed by atoms with van der Waals surface area (Å²) in [5.74, 6) is -5.66. The van der Waals surface area contributed by atoms with Gasteiger partial charge in [0.2, 0.25) is 5.82 Å². The minimum atomic E-state index is -4.43. The number of ether oxygens (including phenoxy) is 1. The van der Waals surface area contributed by atoms with Crippen LogP contribution in [0.4, 0.5) is 22.0 Å². The van der Waals surface area contributed by atoms with Gasteiger partial charge in [-0.3, -0.25) is 0 Å². The number of aryl methyl sites for hydroxylation is 1. The number of hydrogen-bond acceptors (Lipinski definition) is 4. The number of nitriles is 1. The molecule has 0 bridgehead atoms. The van der Waals surface area contributed by atoms with Crippen LogP contribution in [-0.2, 0) is 10.0 Å². The molecule has 0 aliphatic carbocycles. The molecule has 3 aromatic carbocycles. The third-order valence-corrected chi connectivity index (χ3v) is 6.79. The minimum Gasteiger partial charge on any atom is -0.453 e. The highest BCUT2D eigenvalue weighted by atomic mass is 32.2. The Hall–Kier alpha value is -4.17. The number of benzene rings is 3. The maximum Gasteiger partial charge on any atom is 0.271 e. The van der Waals surface area contributed by atoms with E-state index < -0.39 is 55.9 Å². The van der Waals surface area contributed by atoms with Gasteiger partial charge in [0.1, 0.15) is 23.2 Å². The van der Waals surface area contributed by atoms with E-state index in [4.69, 9.17) is 10.00 Å². The minimum absolute atomic E-state index is 0.192. The summed E-state index contributed by atoms with van der Waals surface area (Å²) in [5, 5.41) is 8.58. The van der Waals surface area contributed by atoms with E-state index in [9.17, 15) is 21.6 Å². The molecule has 0 unspecified atom stereocenters. The number of aromatic nitrogens is 1. The molecular weight excluding hydrogens is 491 g/mol. The molecule has 11 heteroatoms. The SMILES string of the molecule is Cc1ccc(S(=O)(=O)n2ccc3c(C=C(F)F)c(Oc4ccc(F)c(C#N)c4)c(F)c(F)c32)cc1. The lowest BCUT2D eigenvalue weighted by Crippen LogP contribution is -2.13. The third kappa shape index (κ3) is 4.24. The van der Waals surface area contributed by atoms with Gasteiger partial charge in [0.05, 0.1) is 10.5 Å². The predicted octanol–water partition coefficient (Wildman–Crippen LogP) is 6.51. The van der Waals surface area contributed by atoms with Gasteiger partial charge < -0.3 is 4.74 Å². The summed E-state index contributed by atoms with van der Waals surface area (Å²) in [4.78, 5) is -0.232. The van der Waals surface area contributed by atoms with Crippen LogP contribution >= 0.6 is 0 Å². The molecule has 0 spiro atoms. The molecule has 178 valence electrons. The normalized spacial score (nSPS) is 11.3. The van der Waals surface area contributed by atoms with E-state index in [-0.39, 0.29) is 22.1 Å². The molecule has 4 rings (SSSR count). The van der Waals surface area contributed by atoms with Crippen molar-refractivity contribution in [2.75, 3.05) is 0 Å². The summed E-state index contributed by atoms with van der Waals surface area (Å²) in [6, 6.07) is 10.8. The lowest BCUT2D eigenvalue weighted by atomic mass is 10.1. The predicted molar refractivity (Wildman–Crippen MR) is 117 cm³/mol. The van der Waals surface area contributed by atoms with Gasteiger partial charge in [0, 0.05) is 29.3 Å². The van der Waals surface area contributed by atoms with Crippen molar-refractivity contribution in [2.45, 2.75) is 11.8 Å². The highest BCUT2D eigenvalue weighted by Crippen LogP contribution is 2.40. The summed E-state index contributed by atoms with van der Waals surface area (Å²) in [7, 11) is -4.43. The van der Waals surface area contributed by atoms with Crippen molar-refractivity contribution in [3.63, 3.8) is 0 Å². The smallest absolute Gasteiger partial charge is 0.271 e. The van der Waals surface area contributed by atoms with Gasteiger partial charge in [-0.2, -0.15) is 18.4 Å². The number of hydrogen-bond donors (Lipinski definition) is 0. The zero-order valence-corrected chi connectivity index (χ0v) is 18.5. The molecular formula is C24H13F5N2O3S. The molecule has 0 N–H and O–H groups in total. The number of rotatable bonds is 5. The lowest BCUT2D eigenvalue weighted by Gasteiger charge is -2.14. The van der Waals surface area contributed by atoms with Crippen molar-refractivity contribution >= 4 is 27.0 Å². The van der Waals surface area contributed by atoms with Crippen LogP contribution in [0.25, 0.3) is 17.0 Å². The quantitative estimate of drug-likeness (QED) is 0.291. The number of nitrogens with zero attached hydrogens (tertiary/aromatic N) is 2. The van der Waals surface area contributed by atoms with Crippen molar-refractivity contribution in [1.82, 2.24) is 3.97 Å². The first-order chi connectivity index (χ1) is 16.5. The van der Waals surface area contributed by atoms with E-state index in [1.54, 1.807) is 6.92 Å². The summed E-state index contributed by atoms with van der Waals surface area (Å²) >= 11 is 0. The van der Waals surface area contributed by atoms with Gasteiger partial charge in [-0.25, -0.2) is 21.2 Å². The zero-order chi connectivity index (χ0) is 25.5. The van der Waals surface area contributed by atoms with E-state index in [0.29, 0.717) is 3.97 Å². The van der Waals surface area contributed by atoms with Crippen LogP contribution in [-0.4, -0.2) is 12.4 Å². The van der Waals surface area contributed by atoms with Gasteiger partial charge >= 0.3 is 0 Å². The van der Waals surface area contributed by atoms with Gasteiger partial charge in [0.15, 0.2) is 11.6 Å². The first kappa shape index (κ1) is 24.0. The molecule has 1 heterocycles. The Morgan fingerprint density at radius 3 is 2.34 bits per heavy atom. The monoisotopic (exact) mass is 504 g/mol. The Labute approximate surface area is 196 Å². The highest BCUT2D eigenvalue weighted by molar-refractivity contribution is 7.90. The van der Waals surface area contributed by atoms with Crippen LogP contribution in [0.3, 0.4) is 0 Å². The van der Waals surface area contributed by atoms with Gasteiger partial charge in [0.25, 0.3) is 16.1 Å². The fourth-order valence-electron chi connectivity index (χ4n) is 3.44. The Balaban J connectivity index is 1.98. The highest BCUT2D eigenvalue weighted by Gasteiger charge is 2.28. The molecule has 0 aliphatic rings. The first-order valence-electron chi connectivity index (χ1n) is 9.79. The average Bonchev–Trinajstić information content (AvgIpc) is 3.27. The van der Waals surface area contributed by atoms with Crippen molar-refractivity contribution in [3.05, 3.63) is 95.0 Å². The van der Waals surface area contributed by atoms with E-state index >= 15 is 8.78 Å². The molecule has 5 nitrogen and oxygen atoms in total. The van der Waals surface area contributed by atoms with Crippen LogP contribution in [0.15, 0.2) is 65.7 Å². The van der Waals surface area contributed by atoms with Crippen molar-refractivity contribution in [3.8, 4) is 17.6 Å². The second kappa shape index (κ2) is 8.88. The fourth-order valence-corrected chi connectivity index (χ4v) is 4.79. The maximum atomic E-state index is 15.2. The Morgan fingerprint density at radius 2 is 1.71 bits per heavy atom. The molecule has 0 saturated heterocycles. The second-order valence-corrected chi connectivity index (χ2v) is 9.17. The molecule has 1 aromatic heterocycles. The van der Waals surface area contributed by atoms with Crippen LogP contribution in [0.2, 0.25) is 0 Å². The Bertz CT molecular complexity index is 1650. The number of fused-ring (bicyclic) bond motifs is 1. The molecule has 0 atom stereocenters. The van der Waals surface area contributed by atoms with Crippen molar-refractivity contribution in [1.29, 1.82) is 5.26 Å². The fraction of sp³-hybridized carbons (Fsp3) is 0.0417. The standard InChI is InChI=1S/C24H13F5N2O3S/c1-13-2-5-16(6-3-13)35(32,33)31-9-8-17-18(11-20(26)27)24(22(29)21(28)23(17)31)34-15-4-7-19(25)14(10-15)12-30/h2-11H,1H3. The first-order valence-corrected chi connectivity index (χ1v) is 11.2. The van der Waals surface area contributed by atoms with Crippen molar-refractivity contribution in [2.24, 2.45) is 0 Å². The maximum absolute atomic E-state index is 15.2. The van der Waals surface area contributed by atoms with E-state index in [0.717, 1.165) is 36.0 Å².